The fraction of sp³-hybridized carbons (Fsp3) is 0.474. The molecule has 2 aromatic rings. The first kappa shape index (κ1) is 17.6. The second-order valence-corrected chi connectivity index (χ2v) is 6.80. The molecule has 6 nitrogen and oxygen atoms in total. The normalized spacial score (nSPS) is 16.1. The lowest BCUT2D eigenvalue weighted by Crippen LogP contribution is -2.48. The SMILES string of the molecule is Cc1cc(CN2CCN(CC(=O)Nc3c(C)cccc3C)CC2)on1. The number of carbonyl (C=O) groups is 1. The van der Waals surface area contributed by atoms with Crippen LogP contribution in [0, 0.1) is 20.8 Å². The zero-order valence-electron chi connectivity index (χ0n) is 15.2. The number of hydrogen-bond acceptors (Lipinski definition) is 5. The monoisotopic (exact) mass is 342 g/mol. The smallest absolute Gasteiger partial charge is 0.238 e. The molecule has 3 rings (SSSR count). The molecule has 0 radical (unpaired) electrons. The third-order valence-corrected chi connectivity index (χ3v) is 4.63. The summed E-state index contributed by atoms with van der Waals surface area (Å²) in [6.07, 6.45) is 0. The fourth-order valence-corrected chi connectivity index (χ4v) is 3.21. The van der Waals surface area contributed by atoms with Gasteiger partial charge in [-0.1, -0.05) is 23.4 Å². The molecular weight excluding hydrogens is 316 g/mol. The summed E-state index contributed by atoms with van der Waals surface area (Å²) < 4.78 is 5.28. The molecule has 1 aromatic heterocycles. The van der Waals surface area contributed by atoms with E-state index in [0.29, 0.717) is 6.54 Å². The van der Waals surface area contributed by atoms with Gasteiger partial charge in [-0.2, -0.15) is 0 Å². The van der Waals surface area contributed by atoms with Crippen LogP contribution in [0.25, 0.3) is 0 Å². The van der Waals surface area contributed by atoms with Crippen LogP contribution in [0.15, 0.2) is 28.8 Å². The van der Waals surface area contributed by atoms with Crippen LogP contribution >= 0.6 is 0 Å². The Kier molecular flexibility index (Phi) is 5.50. The largest absolute Gasteiger partial charge is 0.360 e. The second kappa shape index (κ2) is 7.80. The summed E-state index contributed by atoms with van der Waals surface area (Å²) >= 11 is 0. The predicted molar refractivity (Wildman–Crippen MR) is 97.5 cm³/mol. The number of amides is 1. The van der Waals surface area contributed by atoms with Gasteiger partial charge in [-0.15, -0.1) is 0 Å². The van der Waals surface area contributed by atoms with Crippen molar-refractivity contribution in [2.24, 2.45) is 0 Å². The third-order valence-electron chi connectivity index (χ3n) is 4.63. The zero-order valence-corrected chi connectivity index (χ0v) is 15.2. The third kappa shape index (κ3) is 4.67. The van der Waals surface area contributed by atoms with E-state index in [1.165, 1.54) is 0 Å². The molecule has 6 heteroatoms. The van der Waals surface area contributed by atoms with Gasteiger partial charge < -0.3 is 9.84 Å². The summed E-state index contributed by atoms with van der Waals surface area (Å²) in [6.45, 7) is 10.8. The van der Waals surface area contributed by atoms with Crippen LogP contribution in [0.2, 0.25) is 0 Å². The Bertz CT molecular complexity index is 713. The molecule has 1 saturated heterocycles. The van der Waals surface area contributed by atoms with Crippen molar-refractivity contribution in [1.29, 1.82) is 0 Å². The summed E-state index contributed by atoms with van der Waals surface area (Å²) in [5, 5.41) is 6.99. The summed E-state index contributed by atoms with van der Waals surface area (Å²) in [6, 6.07) is 8.03. The molecule has 1 aromatic carbocycles. The Balaban J connectivity index is 1.46. The van der Waals surface area contributed by atoms with Crippen LogP contribution in [0.1, 0.15) is 22.6 Å². The van der Waals surface area contributed by atoms with Gasteiger partial charge in [-0.05, 0) is 31.9 Å². The summed E-state index contributed by atoms with van der Waals surface area (Å²) in [5.74, 6) is 0.954. The topological polar surface area (TPSA) is 61.6 Å². The fourth-order valence-electron chi connectivity index (χ4n) is 3.21. The van der Waals surface area contributed by atoms with Crippen molar-refractivity contribution >= 4 is 11.6 Å². The average molecular weight is 342 g/mol. The maximum absolute atomic E-state index is 12.4. The number of hydrogen-bond donors (Lipinski definition) is 1. The lowest BCUT2D eigenvalue weighted by molar-refractivity contribution is -0.117. The number of carbonyl (C=O) groups excluding carboxylic acids is 1. The number of nitrogens with one attached hydrogen (secondary N) is 1. The average Bonchev–Trinajstić information content (AvgIpc) is 2.98. The van der Waals surface area contributed by atoms with Crippen molar-refractivity contribution in [3.63, 3.8) is 0 Å². The molecule has 1 aliphatic heterocycles. The van der Waals surface area contributed by atoms with Crippen LogP contribution in [-0.2, 0) is 11.3 Å². The van der Waals surface area contributed by atoms with E-state index >= 15 is 0 Å². The molecule has 0 unspecified atom stereocenters. The lowest BCUT2D eigenvalue weighted by atomic mass is 10.1. The molecular formula is C19H26N4O2. The van der Waals surface area contributed by atoms with E-state index in [2.05, 4.69) is 20.3 Å². The van der Waals surface area contributed by atoms with E-state index in [0.717, 1.165) is 61.0 Å². The van der Waals surface area contributed by atoms with Gasteiger partial charge in [-0.3, -0.25) is 14.6 Å². The number of para-hydroxylation sites is 1. The molecule has 1 N–H and O–H groups in total. The highest BCUT2D eigenvalue weighted by molar-refractivity contribution is 5.93. The number of piperazine rings is 1. The minimum Gasteiger partial charge on any atom is -0.360 e. The highest BCUT2D eigenvalue weighted by atomic mass is 16.5. The van der Waals surface area contributed by atoms with Crippen molar-refractivity contribution in [2.75, 3.05) is 38.0 Å². The molecule has 0 saturated carbocycles. The van der Waals surface area contributed by atoms with E-state index in [1.807, 2.05) is 45.0 Å². The van der Waals surface area contributed by atoms with Crippen LogP contribution in [-0.4, -0.2) is 53.6 Å². The molecule has 1 fully saturated rings. The van der Waals surface area contributed by atoms with Crippen LogP contribution in [0.3, 0.4) is 0 Å². The van der Waals surface area contributed by atoms with Gasteiger partial charge in [0.25, 0.3) is 0 Å². The molecule has 2 heterocycles. The van der Waals surface area contributed by atoms with Crippen LogP contribution < -0.4 is 5.32 Å². The number of nitrogens with zero attached hydrogens (tertiary/aromatic N) is 3. The van der Waals surface area contributed by atoms with Gasteiger partial charge in [0, 0.05) is 37.9 Å². The highest BCUT2D eigenvalue weighted by Gasteiger charge is 2.20. The van der Waals surface area contributed by atoms with Gasteiger partial charge in [0.2, 0.25) is 5.91 Å². The maximum Gasteiger partial charge on any atom is 0.238 e. The standard InChI is InChI=1S/C19H26N4O2/c1-14-5-4-6-15(2)19(14)20-18(24)13-23-9-7-22(8-10-23)12-17-11-16(3)21-25-17/h4-6,11H,7-10,12-13H2,1-3H3,(H,20,24). The molecule has 1 amide bonds. The van der Waals surface area contributed by atoms with Gasteiger partial charge >= 0.3 is 0 Å². The number of anilines is 1. The maximum atomic E-state index is 12.4. The quantitative estimate of drug-likeness (QED) is 0.904. The van der Waals surface area contributed by atoms with Crippen LogP contribution in [0.4, 0.5) is 5.69 Å². The molecule has 25 heavy (non-hydrogen) atoms. The predicted octanol–water partition coefficient (Wildman–Crippen LogP) is 2.36. The molecule has 0 bridgehead atoms. The first-order chi connectivity index (χ1) is 12.0. The van der Waals surface area contributed by atoms with E-state index in [9.17, 15) is 4.79 Å². The van der Waals surface area contributed by atoms with E-state index in [1.54, 1.807) is 0 Å². The van der Waals surface area contributed by atoms with E-state index < -0.39 is 0 Å². The number of aromatic nitrogens is 1. The van der Waals surface area contributed by atoms with Gasteiger partial charge in [0.15, 0.2) is 5.76 Å². The van der Waals surface area contributed by atoms with Crippen molar-refractivity contribution in [1.82, 2.24) is 15.0 Å². The first-order valence-corrected chi connectivity index (χ1v) is 8.74. The molecule has 1 aliphatic rings. The van der Waals surface area contributed by atoms with Gasteiger partial charge in [0.05, 0.1) is 18.8 Å². The number of benzene rings is 1. The Morgan fingerprint density at radius 3 is 2.36 bits per heavy atom. The Hall–Kier alpha value is -2.18. The Morgan fingerprint density at radius 2 is 1.76 bits per heavy atom. The van der Waals surface area contributed by atoms with E-state index in [-0.39, 0.29) is 5.91 Å². The van der Waals surface area contributed by atoms with Crippen molar-refractivity contribution in [3.05, 3.63) is 46.8 Å². The lowest BCUT2D eigenvalue weighted by Gasteiger charge is -2.33. The van der Waals surface area contributed by atoms with Crippen molar-refractivity contribution < 1.29 is 9.32 Å². The number of rotatable bonds is 5. The summed E-state index contributed by atoms with van der Waals surface area (Å²) in [4.78, 5) is 16.9. The first-order valence-electron chi connectivity index (χ1n) is 8.74. The Labute approximate surface area is 148 Å². The second-order valence-electron chi connectivity index (χ2n) is 6.80. The molecule has 134 valence electrons. The summed E-state index contributed by atoms with van der Waals surface area (Å²) in [5.41, 5.74) is 4.05. The van der Waals surface area contributed by atoms with Crippen molar-refractivity contribution in [2.45, 2.75) is 27.3 Å². The number of aryl methyl sites for hydroxylation is 3. The van der Waals surface area contributed by atoms with E-state index in [4.69, 9.17) is 4.52 Å². The summed E-state index contributed by atoms with van der Waals surface area (Å²) in [7, 11) is 0. The molecule has 0 aliphatic carbocycles. The zero-order chi connectivity index (χ0) is 17.8. The highest BCUT2D eigenvalue weighted by Crippen LogP contribution is 2.19. The Morgan fingerprint density at radius 1 is 1.12 bits per heavy atom. The van der Waals surface area contributed by atoms with Crippen molar-refractivity contribution in [3.8, 4) is 0 Å². The minimum absolute atomic E-state index is 0.0525. The van der Waals surface area contributed by atoms with Crippen LogP contribution in [0.5, 0.6) is 0 Å². The molecule has 0 atom stereocenters. The van der Waals surface area contributed by atoms with Gasteiger partial charge in [-0.25, -0.2) is 0 Å². The minimum atomic E-state index is 0.0525. The van der Waals surface area contributed by atoms with Gasteiger partial charge in [0.1, 0.15) is 0 Å². The molecule has 0 spiro atoms.